The van der Waals surface area contributed by atoms with Crippen molar-refractivity contribution >= 4 is 52.0 Å². The van der Waals surface area contributed by atoms with Gasteiger partial charge in [0, 0.05) is 31.4 Å². The normalized spacial score (nSPS) is 18.9. The highest BCUT2D eigenvalue weighted by atomic mass is 35.5. The molecule has 40 heavy (non-hydrogen) atoms. The fourth-order valence-electron chi connectivity index (χ4n) is 4.97. The molecule has 1 aromatic heterocycles. The molecule has 2 heterocycles. The topological polar surface area (TPSA) is 91.0 Å². The van der Waals surface area contributed by atoms with Gasteiger partial charge in [-0.15, -0.1) is 11.3 Å². The van der Waals surface area contributed by atoms with E-state index in [9.17, 15) is 27.6 Å². The fraction of sp³-hybridized carbons (Fsp3) is 0.519. The van der Waals surface area contributed by atoms with E-state index in [1.165, 1.54) is 17.0 Å². The van der Waals surface area contributed by atoms with Crippen LogP contribution < -0.4 is 15.5 Å². The number of amides is 3. The Morgan fingerprint density at radius 1 is 1.18 bits per heavy atom. The maximum absolute atomic E-state index is 14.2. The van der Waals surface area contributed by atoms with E-state index in [-0.39, 0.29) is 38.0 Å². The average Bonchev–Trinajstić information content (AvgIpc) is 3.59. The van der Waals surface area contributed by atoms with E-state index < -0.39 is 41.2 Å². The highest BCUT2D eigenvalue weighted by Gasteiger charge is 2.40. The van der Waals surface area contributed by atoms with Crippen LogP contribution in [0.25, 0.3) is 0 Å². The molecule has 8 nitrogen and oxygen atoms in total. The number of thiophene rings is 1. The Balaban J connectivity index is 1.39. The lowest BCUT2D eigenvalue weighted by Crippen LogP contribution is -2.56. The van der Waals surface area contributed by atoms with Gasteiger partial charge in [-0.1, -0.05) is 18.0 Å². The number of alkyl halides is 3. The third-order valence-corrected chi connectivity index (χ3v) is 8.76. The molecule has 1 saturated heterocycles. The highest BCUT2D eigenvalue weighted by molar-refractivity contribution is 7.18. The Kier molecular flexibility index (Phi) is 8.69. The largest absolute Gasteiger partial charge is 0.418 e. The van der Waals surface area contributed by atoms with Gasteiger partial charge in [-0.2, -0.15) is 13.2 Å². The van der Waals surface area contributed by atoms with Crippen molar-refractivity contribution in [1.82, 2.24) is 10.2 Å². The molecule has 2 N–H and O–H groups in total. The standard InChI is InChI=1S/C27H30ClF3N4O4S/c28-23-9-8-22(40-23)26(38)32-13-21(35(14-16-4-5-16)17-2-1-3-17)25(37)33-20-7-6-18(12-19(20)27(29,30)31)34-10-11-39-15-24(34)36/h6-9,12,16-17,21H,1-5,10-11,13-15H2,(H,32,38)(H,33,37)/t21-/m0/s1. The molecule has 13 heteroatoms. The van der Waals surface area contributed by atoms with Gasteiger partial charge in [-0.25, -0.2) is 0 Å². The summed E-state index contributed by atoms with van der Waals surface area (Å²) < 4.78 is 48.0. The number of ether oxygens (including phenoxy) is 1. The zero-order valence-corrected chi connectivity index (χ0v) is 23.2. The van der Waals surface area contributed by atoms with Crippen molar-refractivity contribution in [2.45, 2.75) is 50.4 Å². The zero-order chi connectivity index (χ0) is 28.4. The number of nitrogens with zero attached hydrogens (tertiary/aromatic N) is 2. The number of rotatable bonds is 10. The van der Waals surface area contributed by atoms with Crippen LogP contribution in [-0.2, 0) is 20.5 Å². The Morgan fingerprint density at radius 2 is 1.95 bits per heavy atom. The number of carbonyl (C=O) groups excluding carboxylic acids is 3. The molecule has 0 bridgehead atoms. The van der Waals surface area contributed by atoms with E-state index in [1.807, 2.05) is 4.90 Å². The minimum absolute atomic E-state index is 0.0644. The summed E-state index contributed by atoms with van der Waals surface area (Å²) >= 11 is 7.06. The molecular weight excluding hydrogens is 569 g/mol. The summed E-state index contributed by atoms with van der Waals surface area (Å²) in [7, 11) is 0. The number of benzene rings is 1. The fourth-order valence-corrected chi connectivity index (χ4v) is 5.93. The lowest BCUT2D eigenvalue weighted by atomic mass is 9.89. The Hall–Kier alpha value is -2.67. The number of carbonyl (C=O) groups is 3. The van der Waals surface area contributed by atoms with Crippen LogP contribution >= 0.6 is 22.9 Å². The van der Waals surface area contributed by atoms with Crippen molar-refractivity contribution in [1.29, 1.82) is 0 Å². The summed E-state index contributed by atoms with van der Waals surface area (Å²) in [6.07, 6.45) is 0.0924. The van der Waals surface area contributed by atoms with E-state index in [0.717, 1.165) is 49.5 Å². The lowest BCUT2D eigenvalue weighted by Gasteiger charge is -2.42. The second-order valence-corrected chi connectivity index (χ2v) is 12.1. The average molecular weight is 599 g/mol. The second kappa shape index (κ2) is 12.1. The molecule has 0 unspecified atom stereocenters. The van der Waals surface area contributed by atoms with Gasteiger partial charge in [0.15, 0.2) is 0 Å². The first-order valence-corrected chi connectivity index (χ1v) is 14.5. The maximum atomic E-state index is 14.2. The zero-order valence-electron chi connectivity index (χ0n) is 21.6. The second-order valence-electron chi connectivity index (χ2n) is 10.4. The third kappa shape index (κ3) is 6.79. The van der Waals surface area contributed by atoms with Gasteiger partial charge in [-0.3, -0.25) is 19.3 Å². The van der Waals surface area contributed by atoms with Gasteiger partial charge in [0.25, 0.3) is 11.8 Å². The van der Waals surface area contributed by atoms with Crippen molar-refractivity contribution in [2.24, 2.45) is 5.92 Å². The number of nitrogens with one attached hydrogen (secondary N) is 2. The van der Waals surface area contributed by atoms with Crippen LogP contribution in [0.4, 0.5) is 24.5 Å². The molecule has 1 aromatic carbocycles. The molecule has 3 amide bonds. The van der Waals surface area contributed by atoms with Crippen molar-refractivity contribution in [3.63, 3.8) is 0 Å². The van der Waals surface area contributed by atoms with Crippen LogP contribution in [0, 0.1) is 5.92 Å². The van der Waals surface area contributed by atoms with Crippen molar-refractivity contribution in [3.8, 4) is 0 Å². The molecule has 3 aliphatic rings. The molecule has 216 valence electrons. The molecule has 1 atom stereocenters. The minimum Gasteiger partial charge on any atom is -0.370 e. The maximum Gasteiger partial charge on any atom is 0.418 e. The summed E-state index contributed by atoms with van der Waals surface area (Å²) in [5.74, 6) is -1.03. The van der Waals surface area contributed by atoms with Gasteiger partial charge in [0.1, 0.15) is 12.6 Å². The van der Waals surface area contributed by atoms with Gasteiger partial charge >= 0.3 is 6.18 Å². The molecule has 2 aromatic rings. The Bertz CT molecular complexity index is 1260. The minimum atomic E-state index is -4.78. The monoisotopic (exact) mass is 598 g/mol. The van der Waals surface area contributed by atoms with Crippen LogP contribution in [0.2, 0.25) is 4.34 Å². The van der Waals surface area contributed by atoms with E-state index in [1.54, 1.807) is 12.1 Å². The number of halogens is 4. The van der Waals surface area contributed by atoms with Gasteiger partial charge in [0.2, 0.25) is 5.91 Å². The summed E-state index contributed by atoms with van der Waals surface area (Å²) in [4.78, 5) is 42.3. The van der Waals surface area contributed by atoms with Gasteiger partial charge < -0.3 is 20.3 Å². The molecule has 3 fully saturated rings. The molecule has 2 aliphatic carbocycles. The number of anilines is 2. The summed E-state index contributed by atoms with van der Waals surface area (Å²) in [6, 6.07) is 5.89. The van der Waals surface area contributed by atoms with Gasteiger partial charge in [0.05, 0.1) is 27.1 Å². The van der Waals surface area contributed by atoms with Crippen molar-refractivity contribution in [2.75, 3.05) is 43.1 Å². The van der Waals surface area contributed by atoms with Crippen LogP contribution in [-0.4, -0.2) is 67.6 Å². The van der Waals surface area contributed by atoms with E-state index in [0.29, 0.717) is 21.7 Å². The van der Waals surface area contributed by atoms with E-state index in [2.05, 4.69) is 10.6 Å². The highest BCUT2D eigenvalue weighted by Crippen LogP contribution is 2.39. The Morgan fingerprint density at radius 3 is 2.55 bits per heavy atom. The summed E-state index contributed by atoms with van der Waals surface area (Å²) in [6.45, 7) is 0.729. The molecular formula is C27H30ClF3N4O4S. The van der Waals surface area contributed by atoms with Crippen LogP contribution in [0.5, 0.6) is 0 Å². The summed E-state index contributed by atoms with van der Waals surface area (Å²) in [5.41, 5.74) is -1.36. The molecule has 5 rings (SSSR count). The number of morpholine rings is 1. The predicted octanol–water partition coefficient (Wildman–Crippen LogP) is 4.79. The first kappa shape index (κ1) is 28.8. The van der Waals surface area contributed by atoms with E-state index in [4.69, 9.17) is 16.3 Å². The van der Waals surface area contributed by atoms with Crippen molar-refractivity contribution < 1.29 is 32.3 Å². The predicted molar refractivity (Wildman–Crippen MR) is 146 cm³/mol. The van der Waals surface area contributed by atoms with Crippen LogP contribution in [0.15, 0.2) is 30.3 Å². The van der Waals surface area contributed by atoms with E-state index >= 15 is 0 Å². The smallest absolute Gasteiger partial charge is 0.370 e. The molecule has 1 aliphatic heterocycles. The van der Waals surface area contributed by atoms with Crippen LogP contribution in [0.3, 0.4) is 0 Å². The van der Waals surface area contributed by atoms with Gasteiger partial charge in [-0.05, 0) is 61.9 Å². The third-order valence-electron chi connectivity index (χ3n) is 7.53. The number of hydrogen-bond donors (Lipinski definition) is 2. The SMILES string of the molecule is O=C(NC[C@@H](C(=O)Nc1ccc(N2CCOCC2=O)cc1C(F)(F)F)N(CC1CC1)C1CCC1)c1ccc(Cl)s1. The van der Waals surface area contributed by atoms with Crippen LogP contribution in [0.1, 0.15) is 47.3 Å². The quantitative estimate of drug-likeness (QED) is 0.411. The summed E-state index contributed by atoms with van der Waals surface area (Å²) in [5, 5.41) is 5.30. The first-order valence-electron chi connectivity index (χ1n) is 13.3. The lowest BCUT2D eigenvalue weighted by molar-refractivity contribution is -0.137. The van der Waals surface area contributed by atoms with Crippen molar-refractivity contribution in [3.05, 3.63) is 45.1 Å². The Labute approximate surface area is 238 Å². The molecule has 0 spiro atoms. The first-order chi connectivity index (χ1) is 19.1. The molecule has 0 radical (unpaired) electrons. The number of hydrogen-bond acceptors (Lipinski definition) is 6. The molecule has 2 saturated carbocycles.